The Hall–Kier alpha value is -4.20. The third-order valence-electron chi connectivity index (χ3n) is 6.33. The van der Waals surface area contributed by atoms with E-state index in [1.807, 2.05) is 33.8 Å². The molecule has 0 radical (unpaired) electrons. The van der Waals surface area contributed by atoms with Gasteiger partial charge in [0, 0.05) is 36.5 Å². The summed E-state index contributed by atoms with van der Waals surface area (Å²) < 4.78 is 5.66. The Bertz CT molecular complexity index is 1310. The molecule has 0 heterocycles. The van der Waals surface area contributed by atoms with E-state index in [-0.39, 0.29) is 18.6 Å². The molecule has 8 heteroatoms. The molecule has 0 atom stereocenters. The largest absolute Gasteiger partial charge is 0.593 e. The first-order valence-corrected chi connectivity index (χ1v) is 12.8. The number of nitrogens with one attached hydrogen (secondary N) is 2. The van der Waals surface area contributed by atoms with Crippen molar-refractivity contribution in [3.05, 3.63) is 81.6 Å². The molecular weight excluding hydrogens is 484 g/mol. The maximum Gasteiger partial charge on any atom is 0.336 e. The fraction of sp³-hybridized carbons (Fsp3) is 0.333. The first kappa shape index (κ1) is 28.4. The van der Waals surface area contributed by atoms with Gasteiger partial charge in [0.25, 0.3) is 5.75 Å². The van der Waals surface area contributed by atoms with E-state index in [0.717, 1.165) is 41.2 Å². The Labute approximate surface area is 223 Å². The van der Waals surface area contributed by atoms with Crippen molar-refractivity contribution in [2.45, 2.75) is 47.0 Å². The number of hydrogen-bond acceptors (Lipinski definition) is 5. The monoisotopic (exact) mass is 521 g/mol. The molecule has 202 valence electrons. The number of anilines is 1. The quantitative estimate of drug-likeness (QED) is 0.216. The molecule has 0 saturated heterocycles. The highest BCUT2D eigenvalue weighted by atomic mass is 16.5. The molecule has 2 aromatic rings. The molecule has 2 aromatic carbocycles. The molecule has 0 saturated carbocycles. The van der Waals surface area contributed by atoms with Crippen LogP contribution < -0.4 is 15.4 Å². The summed E-state index contributed by atoms with van der Waals surface area (Å²) in [6.07, 6.45) is 5.02. The Kier molecular flexibility index (Phi) is 9.60. The van der Waals surface area contributed by atoms with E-state index >= 15 is 0 Å². The average Bonchev–Trinajstić information content (AvgIpc) is 2.87. The lowest BCUT2D eigenvalue weighted by Gasteiger charge is -2.21. The summed E-state index contributed by atoms with van der Waals surface area (Å²) in [5.41, 5.74) is 6.75. The SMILES string of the molecule is CCNC1=CC/C(=C(\c2cc(C)c(NCC)cc2[OH2+])c2ccc(OCCCC(=O)O)cc2C(=O)O)C=C1C. The number of aryl methyl sites for hydroxylation is 1. The summed E-state index contributed by atoms with van der Waals surface area (Å²) in [5.74, 6) is -1.36. The standard InChI is InChI=1S/C30H36N2O6/c1-5-31-25-12-9-20(14-18(25)3)29(24-15-19(4)26(32-6-2)17-27(24)33)22-11-10-21(16-23(22)30(36)37)38-13-7-8-28(34)35/h10-12,14-17,31-33H,5-9,13H2,1-4H3,(H,34,35)(H,36,37)/p+1/b29-20+. The van der Waals surface area contributed by atoms with Gasteiger partial charge in [-0.1, -0.05) is 12.2 Å². The van der Waals surface area contributed by atoms with Crippen LogP contribution >= 0.6 is 0 Å². The summed E-state index contributed by atoms with van der Waals surface area (Å²) in [6.45, 7) is 9.71. The number of allylic oxidation sites excluding steroid dienone is 4. The number of likely N-dealkylation sites (N-methyl/N-ethyl adjacent to an activating group) is 1. The number of rotatable bonds is 12. The molecule has 0 fully saturated rings. The first-order chi connectivity index (χ1) is 18.2. The maximum atomic E-state index is 12.5. The van der Waals surface area contributed by atoms with Gasteiger partial charge in [-0.3, -0.25) is 4.79 Å². The minimum Gasteiger partial charge on any atom is -0.593 e. The molecule has 6 N–H and O–H groups in total. The highest BCUT2D eigenvalue weighted by Crippen LogP contribution is 2.41. The highest BCUT2D eigenvalue weighted by molar-refractivity contribution is 5.99. The number of carbonyl (C=O) groups is 2. The number of carboxylic acids is 2. The topological polar surface area (TPSA) is 131 Å². The van der Waals surface area contributed by atoms with Crippen molar-refractivity contribution < 1.29 is 29.6 Å². The van der Waals surface area contributed by atoms with Gasteiger partial charge < -0.3 is 30.7 Å². The molecule has 0 aliphatic heterocycles. The summed E-state index contributed by atoms with van der Waals surface area (Å²) in [4.78, 5) is 23.2. The second-order valence-corrected chi connectivity index (χ2v) is 9.18. The number of benzene rings is 2. The van der Waals surface area contributed by atoms with Crippen LogP contribution in [0, 0.1) is 6.92 Å². The average molecular weight is 522 g/mol. The molecule has 3 rings (SSSR count). The van der Waals surface area contributed by atoms with Crippen molar-refractivity contribution >= 4 is 23.2 Å². The van der Waals surface area contributed by atoms with Crippen molar-refractivity contribution in [2.24, 2.45) is 0 Å². The lowest BCUT2D eigenvalue weighted by atomic mass is 9.85. The fourth-order valence-electron chi connectivity index (χ4n) is 4.56. The van der Waals surface area contributed by atoms with Gasteiger partial charge in [0.05, 0.1) is 23.8 Å². The lowest BCUT2D eigenvalue weighted by molar-refractivity contribution is -0.137. The third-order valence-corrected chi connectivity index (χ3v) is 6.33. The maximum absolute atomic E-state index is 12.5. The van der Waals surface area contributed by atoms with E-state index in [1.54, 1.807) is 18.2 Å². The van der Waals surface area contributed by atoms with Crippen LogP contribution in [0.5, 0.6) is 11.5 Å². The number of ether oxygens (including phenoxy) is 1. The number of hydrogen-bond donors (Lipinski definition) is 4. The normalized spacial score (nSPS) is 14.3. The molecule has 0 aromatic heterocycles. The number of carboxylic acid groups (broad SMARTS) is 2. The molecule has 0 spiro atoms. The van der Waals surface area contributed by atoms with Gasteiger partial charge in [0.15, 0.2) is 0 Å². The van der Waals surface area contributed by atoms with Crippen molar-refractivity contribution in [2.75, 3.05) is 25.0 Å². The summed E-state index contributed by atoms with van der Waals surface area (Å²) in [5, 5.41) is 34.5. The van der Waals surface area contributed by atoms with Crippen molar-refractivity contribution in [3.63, 3.8) is 0 Å². The predicted molar refractivity (Wildman–Crippen MR) is 150 cm³/mol. The Balaban J connectivity index is 2.17. The number of aromatic carboxylic acids is 1. The van der Waals surface area contributed by atoms with Crippen LogP contribution in [0.1, 0.15) is 67.1 Å². The molecule has 0 bridgehead atoms. The van der Waals surface area contributed by atoms with Crippen LogP contribution in [-0.4, -0.2) is 47.0 Å². The zero-order valence-electron chi connectivity index (χ0n) is 22.4. The van der Waals surface area contributed by atoms with E-state index in [9.17, 15) is 14.7 Å². The van der Waals surface area contributed by atoms with Crippen LogP contribution in [0.3, 0.4) is 0 Å². The van der Waals surface area contributed by atoms with Gasteiger partial charge in [0.1, 0.15) is 5.75 Å². The molecule has 0 unspecified atom stereocenters. The van der Waals surface area contributed by atoms with Gasteiger partial charge in [-0.25, -0.2) is 4.79 Å². The van der Waals surface area contributed by atoms with Crippen LogP contribution in [0.2, 0.25) is 0 Å². The number of aliphatic carboxylic acids is 1. The second-order valence-electron chi connectivity index (χ2n) is 9.18. The molecular formula is C30H37N2O6+. The van der Waals surface area contributed by atoms with Crippen LogP contribution in [0.25, 0.3) is 5.57 Å². The fourth-order valence-corrected chi connectivity index (χ4v) is 4.56. The van der Waals surface area contributed by atoms with E-state index in [2.05, 4.69) is 22.8 Å². The summed E-state index contributed by atoms with van der Waals surface area (Å²) in [7, 11) is 0. The zero-order valence-corrected chi connectivity index (χ0v) is 22.4. The first-order valence-electron chi connectivity index (χ1n) is 12.8. The van der Waals surface area contributed by atoms with Crippen molar-refractivity contribution in [1.29, 1.82) is 0 Å². The smallest absolute Gasteiger partial charge is 0.336 e. The molecule has 8 nitrogen and oxygen atoms in total. The molecule has 38 heavy (non-hydrogen) atoms. The molecule has 1 aliphatic carbocycles. The van der Waals surface area contributed by atoms with Gasteiger partial charge in [-0.05, 0) is 87.1 Å². The van der Waals surface area contributed by atoms with E-state index in [1.165, 1.54) is 6.07 Å². The van der Waals surface area contributed by atoms with E-state index < -0.39 is 11.9 Å². The Morgan fingerprint density at radius 2 is 1.74 bits per heavy atom. The molecule has 1 aliphatic rings. The van der Waals surface area contributed by atoms with Gasteiger partial charge >= 0.3 is 11.9 Å². The second kappa shape index (κ2) is 12.9. The van der Waals surface area contributed by atoms with E-state index in [0.29, 0.717) is 41.0 Å². The Morgan fingerprint density at radius 3 is 2.37 bits per heavy atom. The van der Waals surface area contributed by atoms with Gasteiger partial charge in [0.2, 0.25) is 0 Å². The predicted octanol–water partition coefficient (Wildman–Crippen LogP) is 5.45. The van der Waals surface area contributed by atoms with Crippen molar-refractivity contribution in [3.8, 4) is 11.5 Å². The van der Waals surface area contributed by atoms with Crippen LogP contribution in [0.4, 0.5) is 5.69 Å². The van der Waals surface area contributed by atoms with Crippen LogP contribution in [0.15, 0.2) is 59.3 Å². The minimum absolute atomic E-state index is 0.0251. The van der Waals surface area contributed by atoms with Crippen molar-refractivity contribution in [1.82, 2.24) is 5.32 Å². The zero-order chi connectivity index (χ0) is 27.8. The summed E-state index contributed by atoms with van der Waals surface area (Å²) in [6, 6.07) is 8.62. The minimum atomic E-state index is -1.11. The third kappa shape index (κ3) is 6.76. The van der Waals surface area contributed by atoms with Gasteiger partial charge in [-0.15, -0.1) is 0 Å². The molecule has 0 amide bonds. The van der Waals surface area contributed by atoms with Crippen LogP contribution in [-0.2, 0) is 4.79 Å². The highest BCUT2D eigenvalue weighted by Gasteiger charge is 2.25. The Morgan fingerprint density at radius 1 is 1.00 bits per heavy atom. The lowest BCUT2D eigenvalue weighted by Crippen LogP contribution is -2.15. The summed E-state index contributed by atoms with van der Waals surface area (Å²) >= 11 is 0. The van der Waals surface area contributed by atoms with Gasteiger partial charge in [-0.2, -0.15) is 0 Å². The van der Waals surface area contributed by atoms with E-state index in [4.69, 9.17) is 14.9 Å².